The SMILES string of the molecule is CC1COCC(C)N1C(=O)CCc1csc(-c2ccccc2)n1. The standard InChI is InChI=1S/C18H22N2O2S/c1-13-10-22-11-14(2)20(13)17(21)9-8-16-12-23-18(19-16)15-6-4-3-5-7-15/h3-7,12-14H,8-11H2,1-2H3. The Morgan fingerprint density at radius 2 is 1.96 bits per heavy atom. The number of nitrogens with zero attached hydrogens (tertiary/aromatic N) is 2. The van der Waals surface area contributed by atoms with Gasteiger partial charge in [-0.2, -0.15) is 0 Å². The Labute approximate surface area is 141 Å². The van der Waals surface area contributed by atoms with Gasteiger partial charge >= 0.3 is 0 Å². The van der Waals surface area contributed by atoms with Gasteiger partial charge in [-0.25, -0.2) is 4.98 Å². The molecule has 1 amide bonds. The summed E-state index contributed by atoms with van der Waals surface area (Å²) in [6, 6.07) is 10.5. The molecule has 1 aliphatic heterocycles. The molecule has 5 heteroatoms. The van der Waals surface area contributed by atoms with Gasteiger partial charge in [0, 0.05) is 17.4 Å². The topological polar surface area (TPSA) is 42.4 Å². The summed E-state index contributed by atoms with van der Waals surface area (Å²) in [6.45, 7) is 5.35. The van der Waals surface area contributed by atoms with E-state index in [1.165, 1.54) is 0 Å². The van der Waals surface area contributed by atoms with Gasteiger partial charge < -0.3 is 9.64 Å². The summed E-state index contributed by atoms with van der Waals surface area (Å²) >= 11 is 1.63. The molecular weight excluding hydrogens is 308 g/mol. The number of rotatable bonds is 4. The molecule has 1 fully saturated rings. The highest BCUT2D eigenvalue weighted by Gasteiger charge is 2.29. The van der Waals surface area contributed by atoms with Crippen molar-refractivity contribution in [2.45, 2.75) is 38.8 Å². The van der Waals surface area contributed by atoms with Crippen molar-refractivity contribution in [3.63, 3.8) is 0 Å². The molecule has 122 valence electrons. The lowest BCUT2D eigenvalue weighted by Crippen LogP contribution is -2.52. The second kappa shape index (κ2) is 7.23. The molecule has 0 N–H and O–H groups in total. The van der Waals surface area contributed by atoms with E-state index >= 15 is 0 Å². The lowest BCUT2D eigenvalue weighted by atomic mass is 10.1. The van der Waals surface area contributed by atoms with Crippen LogP contribution < -0.4 is 0 Å². The fourth-order valence-corrected chi connectivity index (χ4v) is 3.86. The van der Waals surface area contributed by atoms with Gasteiger partial charge in [0.15, 0.2) is 0 Å². The van der Waals surface area contributed by atoms with Gasteiger partial charge in [-0.05, 0) is 20.3 Å². The average Bonchev–Trinajstić information content (AvgIpc) is 3.02. The zero-order valence-corrected chi connectivity index (χ0v) is 14.4. The molecule has 4 nitrogen and oxygen atoms in total. The van der Waals surface area contributed by atoms with Gasteiger partial charge in [0.1, 0.15) is 5.01 Å². The lowest BCUT2D eigenvalue weighted by molar-refractivity contribution is -0.144. The van der Waals surface area contributed by atoms with Gasteiger partial charge in [0.2, 0.25) is 5.91 Å². The van der Waals surface area contributed by atoms with Gasteiger partial charge in [0.25, 0.3) is 0 Å². The number of hydrogen-bond donors (Lipinski definition) is 0. The number of amides is 1. The van der Waals surface area contributed by atoms with E-state index in [1.807, 2.05) is 36.9 Å². The van der Waals surface area contributed by atoms with Gasteiger partial charge in [-0.3, -0.25) is 4.79 Å². The molecule has 0 radical (unpaired) electrons. The third-order valence-electron chi connectivity index (χ3n) is 4.12. The predicted molar refractivity (Wildman–Crippen MR) is 92.5 cm³/mol. The monoisotopic (exact) mass is 330 g/mol. The molecule has 1 saturated heterocycles. The molecule has 1 aliphatic rings. The maximum absolute atomic E-state index is 12.5. The molecule has 2 unspecified atom stereocenters. The van der Waals surface area contributed by atoms with Crippen molar-refractivity contribution in [2.24, 2.45) is 0 Å². The van der Waals surface area contributed by atoms with Crippen LogP contribution in [0, 0.1) is 0 Å². The van der Waals surface area contributed by atoms with Crippen LogP contribution in [-0.2, 0) is 16.0 Å². The van der Waals surface area contributed by atoms with E-state index in [9.17, 15) is 4.79 Å². The van der Waals surface area contributed by atoms with E-state index in [4.69, 9.17) is 4.74 Å². The number of morpholine rings is 1. The molecular formula is C18H22N2O2S. The molecule has 2 atom stereocenters. The molecule has 0 saturated carbocycles. The van der Waals surface area contributed by atoms with Crippen molar-refractivity contribution >= 4 is 17.2 Å². The van der Waals surface area contributed by atoms with Crippen LogP contribution >= 0.6 is 11.3 Å². The number of ether oxygens (including phenoxy) is 1. The predicted octanol–water partition coefficient (Wildman–Crippen LogP) is 3.38. The Balaban J connectivity index is 1.60. The van der Waals surface area contributed by atoms with Crippen molar-refractivity contribution in [1.29, 1.82) is 0 Å². The van der Waals surface area contributed by atoms with E-state index in [0.717, 1.165) is 16.3 Å². The van der Waals surface area contributed by atoms with Gasteiger partial charge in [0.05, 0.1) is 31.0 Å². The Bertz CT molecular complexity index is 646. The molecule has 0 bridgehead atoms. The molecule has 1 aromatic carbocycles. The molecule has 0 aliphatic carbocycles. The quantitative estimate of drug-likeness (QED) is 0.863. The normalized spacial score (nSPS) is 21.4. The Hall–Kier alpha value is -1.72. The maximum atomic E-state index is 12.5. The second-order valence-corrected chi connectivity index (χ2v) is 6.90. The smallest absolute Gasteiger partial charge is 0.223 e. The summed E-state index contributed by atoms with van der Waals surface area (Å²) in [5.41, 5.74) is 2.13. The summed E-state index contributed by atoms with van der Waals surface area (Å²) < 4.78 is 5.48. The zero-order valence-electron chi connectivity index (χ0n) is 13.6. The Kier molecular flexibility index (Phi) is 5.08. The highest BCUT2D eigenvalue weighted by molar-refractivity contribution is 7.13. The first-order valence-electron chi connectivity index (χ1n) is 8.04. The van der Waals surface area contributed by atoms with Crippen molar-refractivity contribution in [1.82, 2.24) is 9.88 Å². The highest BCUT2D eigenvalue weighted by Crippen LogP contribution is 2.24. The van der Waals surface area contributed by atoms with Crippen LogP contribution in [0.2, 0.25) is 0 Å². The number of carbonyl (C=O) groups is 1. The minimum absolute atomic E-state index is 0.154. The van der Waals surface area contributed by atoms with E-state index in [2.05, 4.69) is 22.5 Å². The van der Waals surface area contributed by atoms with Crippen molar-refractivity contribution < 1.29 is 9.53 Å². The van der Waals surface area contributed by atoms with E-state index < -0.39 is 0 Å². The van der Waals surface area contributed by atoms with E-state index in [0.29, 0.717) is 26.1 Å². The van der Waals surface area contributed by atoms with Crippen molar-refractivity contribution in [3.8, 4) is 10.6 Å². The molecule has 2 heterocycles. The fourth-order valence-electron chi connectivity index (χ4n) is 3.00. The number of hydrogen-bond acceptors (Lipinski definition) is 4. The number of aromatic nitrogens is 1. The maximum Gasteiger partial charge on any atom is 0.223 e. The second-order valence-electron chi connectivity index (χ2n) is 6.05. The fraction of sp³-hybridized carbons (Fsp3) is 0.444. The minimum Gasteiger partial charge on any atom is -0.377 e. The summed E-state index contributed by atoms with van der Waals surface area (Å²) in [7, 11) is 0. The van der Waals surface area contributed by atoms with E-state index in [1.54, 1.807) is 11.3 Å². The first-order valence-corrected chi connectivity index (χ1v) is 8.92. The molecule has 23 heavy (non-hydrogen) atoms. The number of aryl methyl sites for hydroxylation is 1. The molecule has 3 rings (SSSR count). The van der Waals surface area contributed by atoms with Gasteiger partial charge in [-0.1, -0.05) is 30.3 Å². The summed E-state index contributed by atoms with van der Waals surface area (Å²) in [4.78, 5) is 19.1. The first-order chi connectivity index (χ1) is 11.1. The van der Waals surface area contributed by atoms with Crippen LogP contribution in [0.15, 0.2) is 35.7 Å². The molecule has 0 spiro atoms. The van der Waals surface area contributed by atoms with Crippen LogP contribution in [0.25, 0.3) is 10.6 Å². The lowest BCUT2D eigenvalue weighted by Gasteiger charge is -2.38. The van der Waals surface area contributed by atoms with Crippen LogP contribution in [0.1, 0.15) is 26.0 Å². The van der Waals surface area contributed by atoms with Crippen molar-refractivity contribution in [2.75, 3.05) is 13.2 Å². The molecule has 2 aromatic rings. The van der Waals surface area contributed by atoms with E-state index in [-0.39, 0.29) is 18.0 Å². The summed E-state index contributed by atoms with van der Waals surface area (Å²) in [5, 5.41) is 3.07. The van der Waals surface area contributed by atoms with Gasteiger partial charge in [-0.15, -0.1) is 11.3 Å². The van der Waals surface area contributed by atoms with Crippen molar-refractivity contribution in [3.05, 3.63) is 41.4 Å². The summed E-state index contributed by atoms with van der Waals surface area (Å²) in [5.74, 6) is 0.197. The zero-order chi connectivity index (χ0) is 16.2. The third-order valence-corrected chi connectivity index (χ3v) is 5.06. The van der Waals surface area contributed by atoms with Crippen LogP contribution in [-0.4, -0.2) is 41.1 Å². The highest BCUT2D eigenvalue weighted by atomic mass is 32.1. The summed E-state index contributed by atoms with van der Waals surface area (Å²) in [6.07, 6.45) is 1.20. The Morgan fingerprint density at radius 3 is 2.65 bits per heavy atom. The van der Waals surface area contributed by atoms with Crippen LogP contribution in [0.5, 0.6) is 0 Å². The average molecular weight is 330 g/mol. The minimum atomic E-state index is 0.154. The largest absolute Gasteiger partial charge is 0.377 e. The number of carbonyl (C=O) groups excluding carboxylic acids is 1. The molecule has 1 aromatic heterocycles. The third kappa shape index (κ3) is 3.79. The Morgan fingerprint density at radius 1 is 1.26 bits per heavy atom. The van der Waals surface area contributed by atoms with Crippen LogP contribution in [0.4, 0.5) is 0 Å². The first kappa shape index (κ1) is 16.1. The van der Waals surface area contributed by atoms with Crippen LogP contribution in [0.3, 0.4) is 0 Å². The number of benzene rings is 1. The number of thiazole rings is 1.